The number of hydrogen-bond donors (Lipinski definition) is 1. The zero-order valence-corrected chi connectivity index (χ0v) is 22.3. The number of amides is 2. The molecule has 0 radical (unpaired) electrons. The Morgan fingerprint density at radius 2 is 1.66 bits per heavy atom. The van der Waals surface area contributed by atoms with Crippen LogP contribution in [0.3, 0.4) is 0 Å². The number of H-pyrrole nitrogens is 1. The average molecular weight is 545 g/mol. The highest BCUT2D eigenvalue weighted by Gasteiger charge is 2.56. The number of imide groups is 1. The van der Waals surface area contributed by atoms with Crippen LogP contribution in [0.4, 0.5) is 5.69 Å². The summed E-state index contributed by atoms with van der Waals surface area (Å²) in [5.41, 5.74) is 3.47. The molecular weight excluding hydrogens is 520 g/mol. The molecule has 0 bridgehead atoms. The smallest absolute Gasteiger partial charge is 0.305 e. The van der Waals surface area contributed by atoms with Crippen LogP contribution in [0.1, 0.15) is 27.5 Å². The van der Waals surface area contributed by atoms with Gasteiger partial charge < -0.3 is 14.5 Å². The van der Waals surface area contributed by atoms with Crippen molar-refractivity contribution in [3.63, 3.8) is 0 Å². The van der Waals surface area contributed by atoms with E-state index in [0.717, 1.165) is 27.3 Å². The van der Waals surface area contributed by atoms with Crippen LogP contribution in [0, 0.1) is 12.8 Å². The Labute approximate surface area is 227 Å². The van der Waals surface area contributed by atoms with E-state index >= 15 is 0 Å². The number of aromatic amines is 1. The Kier molecular flexibility index (Phi) is 6.33. The number of nitrogens with zero attached hydrogens (tertiary/aromatic N) is 1. The minimum absolute atomic E-state index is 0.211. The molecule has 2 aliphatic heterocycles. The van der Waals surface area contributed by atoms with E-state index in [0.29, 0.717) is 28.8 Å². The summed E-state index contributed by atoms with van der Waals surface area (Å²) in [5.74, 6) is -0.513. The minimum atomic E-state index is -0.683. The second-order valence-electron chi connectivity index (χ2n) is 9.27. The minimum Gasteiger partial charge on any atom is -0.497 e. The monoisotopic (exact) mass is 544 g/mol. The molecule has 0 spiro atoms. The molecule has 1 N–H and O–H groups in total. The van der Waals surface area contributed by atoms with Crippen molar-refractivity contribution in [1.82, 2.24) is 4.98 Å². The number of methoxy groups -OCH3 is 1. The molecular formula is C29H24N2O5S2. The van der Waals surface area contributed by atoms with Crippen LogP contribution in [0.25, 0.3) is 0 Å². The first-order valence-corrected chi connectivity index (χ1v) is 13.8. The number of aryl methyl sites for hydroxylation is 1. The Balaban J connectivity index is 1.40. The molecule has 3 unspecified atom stereocenters. The average Bonchev–Trinajstić information content (AvgIpc) is 3.43. The quantitative estimate of drug-likeness (QED) is 0.339. The largest absolute Gasteiger partial charge is 0.497 e. The highest BCUT2D eigenvalue weighted by Crippen LogP contribution is 2.54. The molecule has 9 heteroatoms. The van der Waals surface area contributed by atoms with Crippen LogP contribution < -0.4 is 19.2 Å². The van der Waals surface area contributed by atoms with E-state index in [1.54, 1.807) is 31.4 Å². The maximum Gasteiger partial charge on any atom is 0.305 e. The van der Waals surface area contributed by atoms with E-state index in [4.69, 9.17) is 9.47 Å². The van der Waals surface area contributed by atoms with E-state index in [2.05, 4.69) is 4.98 Å². The van der Waals surface area contributed by atoms with Gasteiger partial charge in [-0.25, -0.2) is 4.90 Å². The first kappa shape index (κ1) is 24.5. The molecule has 1 fully saturated rings. The number of thiazole rings is 1. The second kappa shape index (κ2) is 9.81. The maximum absolute atomic E-state index is 14.0. The zero-order valence-electron chi connectivity index (χ0n) is 20.7. The van der Waals surface area contributed by atoms with Crippen molar-refractivity contribution >= 4 is 40.6 Å². The predicted octanol–water partition coefficient (Wildman–Crippen LogP) is 5.13. The highest BCUT2D eigenvalue weighted by molar-refractivity contribution is 8.00. The van der Waals surface area contributed by atoms with Gasteiger partial charge in [-0.1, -0.05) is 71.1 Å². The van der Waals surface area contributed by atoms with Gasteiger partial charge in [-0.3, -0.25) is 14.4 Å². The number of para-hydroxylation sites is 1. The van der Waals surface area contributed by atoms with Crippen molar-refractivity contribution in [1.29, 1.82) is 0 Å². The van der Waals surface area contributed by atoms with Gasteiger partial charge in [-0.15, -0.1) is 0 Å². The third kappa shape index (κ3) is 4.21. The predicted molar refractivity (Wildman–Crippen MR) is 147 cm³/mol. The number of benzene rings is 3. The lowest BCUT2D eigenvalue weighted by atomic mass is 9.82. The van der Waals surface area contributed by atoms with Gasteiger partial charge in [0.05, 0.1) is 23.7 Å². The number of nitrogens with one attached hydrogen (secondary N) is 1. The summed E-state index contributed by atoms with van der Waals surface area (Å²) in [5, 5.41) is -0.0326. The Morgan fingerprint density at radius 1 is 0.921 bits per heavy atom. The third-order valence-corrected chi connectivity index (χ3v) is 9.32. The molecule has 0 aliphatic carbocycles. The third-order valence-electron chi connectivity index (χ3n) is 6.92. The van der Waals surface area contributed by atoms with Crippen molar-refractivity contribution in [2.45, 2.75) is 29.7 Å². The number of aromatic nitrogens is 1. The van der Waals surface area contributed by atoms with E-state index < -0.39 is 17.1 Å². The van der Waals surface area contributed by atoms with Gasteiger partial charge in [0.2, 0.25) is 11.8 Å². The van der Waals surface area contributed by atoms with E-state index in [1.165, 1.54) is 22.2 Å². The van der Waals surface area contributed by atoms with Crippen LogP contribution in [0.5, 0.6) is 11.5 Å². The standard InChI is InChI=1S/C29H24N2O5S2/c1-16-7-9-17(10-8-16)15-36-21-6-4-3-5-20(21)22-23-25(37-26-24(22)38-29(34)30-26)28(33)31(27(23)32)18-11-13-19(35-2)14-12-18/h3-14,22-23,25H,15H2,1-2H3,(H,30,34). The van der Waals surface area contributed by atoms with Crippen LogP contribution >= 0.6 is 23.1 Å². The van der Waals surface area contributed by atoms with Gasteiger partial charge in [-0.2, -0.15) is 0 Å². The summed E-state index contributed by atoms with van der Waals surface area (Å²) in [6.07, 6.45) is 0. The number of carbonyl (C=O) groups excluding carboxylic acids is 2. The molecule has 2 amide bonds. The SMILES string of the molecule is COc1ccc(N2C(=O)C3Sc4[nH]c(=O)sc4C(c4ccccc4OCc4ccc(C)cc4)C3C2=O)cc1. The zero-order chi connectivity index (χ0) is 26.4. The fourth-order valence-electron chi connectivity index (χ4n) is 5.05. The van der Waals surface area contributed by atoms with Gasteiger partial charge in [0.1, 0.15) is 23.4 Å². The molecule has 3 atom stereocenters. The number of thioether (sulfide) groups is 1. The molecule has 7 nitrogen and oxygen atoms in total. The molecule has 3 heterocycles. The fourth-order valence-corrected chi connectivity index (χ4v) is 7.56. The molecule has 192 valence electrons. The Bertz CT molecular complexity index is 1580. The maximum atomic E-state index is 14.0. The Hall–Kier alpha value is -3.82. The summed E-state index contributed by atoms with van der Waals surface area (Å²) in [6, 6.07) is 22.6. The van der Waals surface area contributed by atoms with E-state index in [-0.39, 0.29) is 16.7 Å². The summed E-state index contributed by atoms with van der Waals surface area (Å²) >= 11 is 2.35. The van der Waals surface area contributed by atoms with Crippen LogP contribution in [-0.4, -0.2) is 29.2 Å². The number of anilines is 1. The Morgan fingerprint density at radius 3 is 2.39 bits per heavy atom. The lowest BCUT2D eigenvalue weighted by Crippen LogP contribution is -2.32. The van der Waals surface area contributed by atoms with Gasteiger partial charge in [-0.05, 0) is 42.8 Å². The topological polar surface area (TPSA) is 88.7 Å². The van der Waals surface area contributed by atoms with Crippen LogP contribution in [0.15, 0.2) is 82.6 Å². The van der Waals surface area contributed by atoms with Crippen molar-refractivity contribution in [2.24, 2.45) is 5.92 Å². The lowest BCUT2D eigenvalue weighted by Gasteiger charge is -2.30. The lowest BCUT2D eigenvalue weighted by molar-refractivity contribution is -0.122. The highest BCUT2D eigenvalue weighted by atomic mass is 32.2. The van der Waals surface area contributed by atoms with Crippen molar-refractivity contribution < 1.29 is 19.1 Å². The van der Waals surface area contributed by atoms with Crippen LogP contribution in [0.2, 0.25) is 0 Å². The van der Waals surface area contributed by atoms with Crippen LogP contribution in [-0.2, 0) is 16.2 Å². The molecule has 2 aliphatic rings. The van der Waals surface area contributed by atoms with Crippen molar-refractivity contribution in [3.05, 3.63) is 104 Å². The summed E-state index contributed by atoms with van der Waals surface area (Å²) in [4.78, 5) is 44.7. The van der Waals surface area contributed by atoms with Crippen molar-refractivity contribution in [3.8, 4) is 11.5 Å². The van der Waals surface area contributed by atoms with Crippen molar-refractivity contribution in [2.75, 3.05) is 12.0 Å². The number of rotatable bonds is 6. The summed E-state index contributed by atoms with van der Waals surface area (Å²) in [6.45, 7) is 2.39. The number of ether oxygens (including phenoxy) is 2. The molecule has 38 heavy (non-hydrogen) atoms. The van der Waals surface area contributed by atoms with E-state index in [9.17, 15) is 14.4 Å². The summed E-state index contributed by atoms with van der Waals surface area (Å²) < 4.78 is 11.5. The summed E-state index contributed by atoms with van der Waals surface area (Å²) in [7, 11) is 1.56. The molecule has 1 aromatic heterocycles. The number of hydrogen-bond acceptors (Lipinski definition) is 7. The first-order chi connectivity index (χ1) is 18.4. The molecule has 1 saturated heterocycles. The number of carbonyl (C=O) groups is 2. The molecule has 0 saturated carbocycles. The van der Waals surface area contributed by atoms with E-state index in [1.807, 2.05) is 55.5 Å². The van der Waals surface area contributed by atoms with Gasteiger partial charge >= 0.3 is 4.87 Å². The fraction of sp³-hybridized carbons (Fsp3) is 0.207. The molecule has 3 aromatic carbocycles. The number of fused-ring (bicyclic) bond motifs is 2. The first-order valence-electron chi connectivity index (χ1n) is 12.1. The molecule has 6 rings (SSSR count). The molecule has 4 aromatic rings. The normalized spacial score (nSPS) is 20.3. The second-order valence-corrected chi connectivity index (χ2v) is 11.4. The van der Waals surface area contributed by atoms with Gasteiger partial charge in [0.25, 0.3) is 0 Å². The van der Waals surface area contributed by atoms with Gasteiger partial charge in [0, 0.05) is 16.4 Å². The van der Waals surface area contributed by atoms with Gasteiger partial charge in [0.15, 0.2) is 0 Å².